The summed E-state index contributed by atoms with van der Waals surface area (Å²) in [4.78, 5) is 16.7. The van der Waals surface area contributed by atoms with Crippen LogP contribution >= 0.6 is 11.3 Å². The second kappa shape index (κ2) is 7.75. The lowest BCUT2D eigenvalue weighted by molar-refractivity contribution is -0.125. The Morgan fingerprint density at radius 3 is 2.74 bits per heavy atom. The van der Waals surface area contributed by atoms with Crippen molar-refractivity contribution in [1.29, 1.82) is 0 Å². The molecule has 5 heteroatoms. The maximum absolute atomic E-state index is 12.0. The number of nitrogens with one attached hydrogen (secondary N) is 1. The van der Waals surface area contributed by atoms with Gasteiger partial charge in [0, 0.05) is 24.3 Å². The Hall–Kier alpha value is -0.940. The van der Waals surface area contributed by atoms with Crippen LogP contribution in [0.1, 0.15) is 80.8 Å². The summed E-state index contributed by atoms with van der Waals surface area (Å²) in [7, 11) is 0. The third-order valence-electron chi connectivity index (χ3n) is 5.28. The highest BCUT2D eigenvalue weighted by atomic mass is 32.1. The fourth-order valence-electron chi connectivity index (χ4n) is 3.91. The predicted octanol–water partition coefficient (Wildman–Crippen LogP) is 3.54. The van der Waals surface area contributed by atoms with Crippen LogP contribution in [0, 0.1) is 0 Å². The predicted molar refractivity (Wildman–Crippen MR) is 92.7 cm³/mol. The first-order chi connectivity index (χ1) is 11.1. The number of hydrogen-bond acceptors (Lipinski definition) is 4. The van der Waals surface area contributed by atoms with Gasteiger partial charge in [0.15, 0.2) is 0 Å². The normalized spacial score (nSPS) is 21.4. The number of carbonyl (C=O) groups is 1. The van der Waals surface area contributed by atoms with E-state index in [0.29, 0.717) is 12.5 Å². The van der Waals surface area contributed by atoms with Gasteiger partial charge in [-0.2, -0.15) is 0 Å². The fourth-order valence-corrected chi connectivity index (χ4v) is 4.79. The Morgan fingerprint density at radius 1 is 1.26 bits per heavy atom. The monoisotopic (exact) mass is 336 g/mol. The number of thiazole rings is 1. The van der Waals surface area contributed by atoms with Crippen molar-refractivity contribution in [3.63, 3.8) is 0 Å². The summed E-state index contributed by atoms with van der Waals surface area (Å²) in [5, 5.41) is 16.5. The second-order valence-corrected chi connectivity index (χ2v) is 8.15. The molecule has 128 valence electrons. The van der Waals surface area contributed by atoms with Crippen molar-refractivity contribution in [2.24, 2.45) is 0 Å². The van der Waals surface area contributed by atoms with Gasteiger partial charge in [-0.15, -0.1) is 11.3 Å². The Kier molecular flexibility index (Phi) is 5.70. The largest absolute Gasteiger partial charge is 0.389 e. The number of rotatable bonds is 6. The molecule has 0 aliphatic heterocycles. The number of aromatic nitrogens is 1. The average Bonchev–Trinajstić information content (AvgIpc) is 3.18. The van der Waals surface area contributed by atoms with Crippen LogP contribution in [0.15, 0.2) is 5.38 Å². The van der Waals surface area contributed by atoms with E-state index in [1.54, 1.807) is 11.3 Å². The SMILES string of the molecule is O=C(CC1(O)CCCC1)NCCc1nc(C2CCCCC2)cs1. The van der Waals surface area contributed by atoms with Crippen molar-refractivity contribution in [2.75, 3.05) is 6.54 Å². The standard InChI is InChI=1S/C18H28N2O2S/c21-16(12-18(22)9-4-5-10-18)19-11-8-17-20-15(13-23-17)14-6-2-1-3-7-14/h13-14,22H,1-12H2,(H,19,21). The van der Waals surface area contributed by atoms with Crippen LogP contribution in [0.25, 0.3) is 0 Å². The summed E-state index contributed by atoms with van der Waals surface area (Å²) in [5.41, 5.74) is 0.510. The van der Waals surface area contributed by atoms with E-state index in [2.05, 4.69) is 10.7 Å². The van der Waals surface area contributed by atoms with Crippen molar-refractivity contribution in [3.05, 3.63) is 16.1 Å². The van der Waals surface area contributed by atoms with E-state index < -0.39 is 5.60 Å². The zero-order valence-corrected chi connectivity index (χ0v) is 14.7. The molecule has 1 heterocycles. The number of carbonyl (C=O) groups excluding carboxylic acids is 1. The van der Waals surface area contributed by atoms with Crippen molar-refractivity contribution < 1.29 is 9.90 Å². The molecule has 0 atom stereocenters. The van der Waals surface area contributed by atoms with E-state index in [4.69, 9.17) is 4.98 Å². The molecule has 0 aromatic carbocycles. The van der Waals surface area contributed by atoms with E-state index in [-0.39, 0.29) is 12.3 Å². The number of hydrogen-bond donors (Lipinski definition) is 2. The smallest absolute Gasteiger partial charge is 0.222 e. The van der Waals surface area contributed by atoms with Gasteiger partial charge in [-0.05, 0) is 25.7 Å². The molecule has 2 fully saturated rings. The van der Waals surface area contributed by atoms with Crippen molar-refractivity contribution in [1.82, 2.24) is 10.3 Å². The van der Waals surface area contributed by atoms with Crippen molar-refractivity contribution in [2.45, 2.75) is 82.1 Å². The first-order valence-corrected chi connectivity index (χ1v) is 9.96. The molecule has 4 nitrogen and oxygen atoms in total. The minimum atomic E-state index is -0.751. The Balaban J connectivity index is 1.40. The molecule has 1 aromatic heterocycles. The first-order valence-electron chi connectivity index (χ1n) is 9.08. The number of nitrogens with zero attached hydrogens (tertiary/aromatic N) is 1. The van der Waals surface area contributed by atoms with Gasteiger partial charge in [0.2, 0.25) is 5.91 Å². The summed E-state index contributed by atoms with van der Waals surface area (Å²) in [6, 6.07) is 0. The maximum atomic E-state index is 12.0. The van der Waals surface area contributed by atoms with Crippen LogP contribution in [-0.4, -0.2) is 28.1 Å². The lowest BCUT2D eigenvalue weighted by atomic mass is 9.87. The molecule has 0 unspecified atom stereocenters. The lowest BCUT2D eigenvalue weighted by Gasteiger charge is -2.21. The molecule has 0 spiro atoms. The van der Waals surface area contributed by atoms with Crippen LogP contribution in [0.2, 0.25) is 0 Å². The van der Waals surface area contributed by atoms with Gasteiger partial charge in [0.25, 0.3) is 0 Å². The minimum absolute atomic E-state index is 0.0292. The van der Waals surface area contributed by atoms with Gasteiger partial charge in [0.1, 0.15) is 0 Å². The summed E-state index contributed by atoms with van der Waals surface area (Å²) < 4.78 is 0. The molecule has 1 aromatic rings. The van der Waals surface area contributed by atoms with Gasteiger partial charge >= 0.3 is 0 Å². The molecule has 0 bridgehead atoms. The third kappa shape index (κ3) is 4.77. The molecule has 2 aliphatic carbocycles. The third-order valence-corrected chi connectivity index (χ3v) is 6.20. The van der Waals surface area contributed by atoms with E-state index in [1.165, 1.54) is 37.8 Å². The van der Waals surface area contributed by atoms with Gasteiger partial charge < -0.3 is 10.4 Å². The minimum Gasteiger partial charge on any atom is -0.389 e. The fraction of sp³-hybridized carbons (Fsp3) is 0.778. The zero-order chi connectivity index (χ0) is 16.1. The second-order valence-electron chi connectivity index (χ2n) is 7.21. The van der Waals surface area contributed by atoms with Crippen LogP contribution < -0.4 is 5.32 Å². The van der Waals surface area contributed by atoms with Gasteiger partial charge in [-0.3, -0.25) is 4.79 Å². The Morgan fingerprint density at radius 2 is 2.00 bits per heavy atom. The molecule has 2 aliphatic rings. The summed E-state index contributed by atoms with van der Waals surface area (Å²) in [5.74, 6) is 0.624. The lowest BCUT2D eigenvalue weighted by Crippen LogP contribution is -2.35. The van der Waals surface area contributed by atoms with Gasteiger partial charge in [-0.25, -0.2) is 4.98 Å². The molecule has 23 heavy (non-hydrogen) atoms. The maximum Gasteiger partial charge on any atom is 0.222 e. The summed E-state index contributed by atoms with van der Waals surface area (Å²) in [6.45, 7) is 0.618. The van der Waals surface area contributed by atoms with Crippen LogP contribution in [0.5, 0.6) is 0 Å². The van der Waals surface area contributed by atoms with E-state index in [9.17, 15) is 9.90 Å². The van der Waals surface area contributed by atoms with Crippen LogP contribution in [-0.2, 0) is 11.2 Å². The quantitative estimate of drug-likeness (QED) is 0.835. The molecular weight excluding hydrogens is 308 g/mol. The van der Waals surface area contributed by atoms with Crippen molar-refractivity contribution >= 4 is 17.2 Å². The van der Waals surface area contributed by atoms with Crippen molar-refractivity contribution in [3.8, 4) is 0 Å². The van der Waals surface area contributed by atoms with Crippen LogP contribution in [0.3, 0.4) is 0 Å². The molecule has 1 amide bonds. The van der Waals surface area contributed by atoms with E-state index in [0.717, 1.165) is 37.1 Å². The number of amides is 1. The first kappa shape index (κ1) is 16.9. The molecule has 2 saturated carbocycles. The van der Waals surface area contributed by atoms with E-state index >= 15 is 0 Å². The van der Waals surface area contributed by atoms with Crippen LogP contribution in [0.4, 0.5) is 0 Å². The molecule has 0 saturated heterocycles. The number of aliphatic hydroxyl groups is 1. The van der Waals surface area contributed by atoms with E-state index in [1.807, 2.05) is 0 Å². The molecular formula is C18H28N2O2S. The molecule has 2 N–H and O–H groups in total. The highest BCUT2D eigenvalue weighted by molar-refractivity contribution is 7.09. The summed E-state index contributed by atoms with van der Waals surface area (Å²) >= 11 is 1.72. The topological polar surface area (TPSA) is 62.2 Å². The Bertz CT molecular complexity index is 517. The van der Waals surface area contributed by atoms with Gasteiger partial charge in [-0.1, -0.05) is 32.1 Å². The highest BCUT2D eigenvalue weighted by Gasteiger charge is 2.33. The Labute approximate surface area is 142 Å². The zero-order valence-electron chi connectivity index (χ0n) is 13.9. The molecule has 3 rings (SSSR count). The average molecular weight is 337 g/mol. The highest BCUT2D eigenvalue weighted by Crippen LogP contribution is 2.33. The van der Waals surface area contributed by atoms with Gasteiger partial charge in [0.05, 0.1) is 22.7 Å². The molecule has 0 radical (unpaired) electrons. The summed E-state index contributed by atoms with van der Waals surface area (Å²) in [6.07, 6.45) is 11.2.